The van der Waals surface area contributed by atoms with E-state index in [0.29, 0.717) is 6.04 Å². The van der Waals surface area contributed by atoms with Crippen molar-refractivity contribution < 1.29 is 0 Å². The summed E-state index contributed by atoms with van der Waals surface area (Å²) in [4.78, 5) is 2.29. The highest BCUT2D eigenvalue weighted by atomic mass is 15.1. The Morgan fingerprint density at radius 1 is 1.46 bits per heavy atom. The molecular formula is C11H20N2. The van der Waals surface area contributed by atoms with E-state index in [-0.39, 0.29) is 0 Å². The molecule has 1 rings (SSSR count). The van der Waals surface area contributed by atoms with E-state index in [0.717, 1.165) is 13.1 Å². The van der Waals surface area contributed by atoms with E-state index in [1.807, 2.05) is 6.92 Å². The first-order chi connectivity index (χ1) is 6.33. The molecule has 0 saturated carbocycles. The molecular weight excluding hydrogens is 160 g/mol. The summed E-state index contributed by atoms with van der Waals surface area (Å²) >= 11 is 0. The molecule has 13 heavy (non-hydrogen) atoms. The third kappa shape index (κ3) is 4.31. The van der Waals surface area contributed by atoms with Gasteiger partial charge in [-0.1, -0.05) is 12.3 Å². The summed E-state index contributed by atoms with van der Waals surface area (Å²) in [6, 6.07) is 0.692. The smallest absolute Gasteiger partial charge is 0.0599 e. The first-order valence-electron chi connectivity index (χ1n) is 5.14. The largest absolute Gasteiger partial charge is 0.313 e. The molecule has 0 bridgehead atoms. The van der Waals surface area contributed by atoms with Crippen LogP contribution in [0.15, 0.2) is 0 Å². The van der Waals surface area contributed by atoms with Crippen molar-refractivity contribution in [1.82, 2.24) is 10.2 Å². The minimum Gasteiger partial charge on any atom is -0.313 e. The lowest BCUT2D eigenvalue weighted by Crippen LogP contribution is -2.42. The van der Waals surface area contributed by atoms with Gasteiger partial charge in [0.1, 0.15) is 0 Å². The molecule has 1 saturated heterocycles. The molecule has 1 aliphatic heterocycles. The summed E-state index contributed by atoms with van der Waals surface area (Å²) in [7, 11) is 2.14. The van der Waals surface area contributed by atoms with Crippen molar-refractivity contribution in [2.75, 3.05) is 26.7 Å². The SMILES string of the molecule is CC#CCN(C)CC1CCCCN1. The molecule has 1 atom stereocenters. The van der Waals surface area contributed by atoms with Crippen molar-refractivity contribution in [3.8, 4) is 11.8 Å². The van der Waals surface area contributed by atoms with Gasteiger partial charge in [-0.25, -0.2) is 0 Å². The first-order valence-corrected chi connectivity index (χ1v) is 5.14. The van der Waals surface area contributed by atoms with Gasteiger partial charge in [-0.05, 0) is 33.4 Å². The van der Waals surface area contributed by atoms with Crippen molar-refractivity contribution in [1.29, 1.82) is 0 Å². The average molecular weight is 180 g/mol. The first kappa shape index (κ1) is 10.6. The second kappa shape index (κ2) is 6.01. The Balaban J connectivity index is 2.16. The summed E-state index contributed by atoms with van der Waals surface area (Å²) in [5.41, 5.74) is 0. The van der Waals surface area contributed by atoms with Gasteiger partial charge in [0.15, 0.2) is 0 Å². The van der Waals surface area contributed by atoms with E-state index in [2.05, 4.69) is 29.1 Å². The summed E-state index contributed by atoms with van der Waals surface area (Å²) in [6.07, 6.45) is 4.05. The van der Waals surface area contributed by atoms with Gasteiger partial charge in [0, 0.05) is 12.6 Å². The number of nitrogens with one attached hydrogen (secondary N) is 1. The lowest BCUT2D eigenvalue weighted by atomic mass is 10.0. The Bertz CT molecular complexity index is 184. The van der Waals surface area contributed by atoms with Crippen molar-refractivity contribution in [2.24, 2.45) is 0 Å². The molecule has 2 nitrogen and oxygen atoms in total. The fourth-order valence-corrected chi connectivity index (χ4v) is 1.73. The second-order valence-corrected chi connectivity index (χ2v) is 3.77. The number of hydrogen-bond acceptors (Lipinski definition) is 2. The van der Waals surface area contributed by atoms with Gasteiger partial charge in [0.05, 0.1) is 6.54 Å². The van der Waals surface area contributed by atoms with E-state index in [4.69, 9.17) is 0 Å². The maximum absolute atomic E-state index is 3.54. The highest BCUT2D eigenvalue weighted by molar-refractivity contribution is 4.97. The number of likely N-dealkylation sites (N-methyl/N-ethyl adjacent to an activating group) is 1. The predicted octanol–water partition coefficient (Wildman–Crippen LogP) is 1.08. The molecule has 74 valence electrons. The van der Waals surface area contributed by atoms with Crippen LogP contribution in [-0.4, -0.2) is 37.6 Å². The van der Waals surface area contributed by atoms with Crippen LogP contribution >= 0.6 is 0 Å². The van der Waals surface area contributed by atoms with Crippen molar-refractivity contribution >= 4 is 0 Å². The zero-order valence-electron chi connectivity index (χ0n) is 8.77. The number of piperidine rings is 1. The third-order valence-corrected chi connectivity index (χ3v) is 2.47. The van der Waals surface area contributed by atoms with Gasteiger partial charge in [0.2, 0.25) is 0 Å². The number of hydrogen-bond donors (Lipinski definition) is 1. The van der Waals surface area contributed by atoms with Crippen LogP contribution in [0, 0.1) is 11.8 Å². The minimum atomic E-state index is 0.692. The van der Waals surface area contributed by atoms with Gasteiger partial charge < -0.3 is 5.32 Å². The fraction of sp³-hybridized carbons (Fsp3) is 0.818. The Hall–Kier alpha value is -0.520. The van der Waals surface area contributed by atoms with Crippen LogP contribution in [0.4, 0.5) is 0 Å². The number of rotatable bonds is 3. The summed E-state index contributed by atoms with van der Waals surface area (Å²) < 4.78 is 0. The van der Waals surface area contributed by atoms with E-state index in [1.54, 1.807) is 0 Å². The molecule has 1 N–H and O–H groups in total. The number of nitrogens with zero attached hydrogens (tertiary/aromatic N) is 1. The zero-order valence-corrected chi connectivity index (χ0v) is 8.77. The van der Waals surface area contributed by atoms with Gasteiger partial charge in [0.25, 0.3) is 0 Å². The molecule has 0 aromatic carbocycles. The van der Waals surface area contributed by atoms with Crippen LogP contribution < -0.4 is 5.32 Å². The maximum atomic E-state index is 3.54. The summed E-state index contributed by atoms with van der Waals surface area (Å²) in [5, 5.41) is 3.54. The van der Waals surface area contributed by atoms with E-state index in [1.165, 1.54) is 25.8 Å². The van der Waals surface area contributed by atoms with Gasteiger partial charge in [-0.3, -0.25) is 4.90 Å². The Morgan fingerprint density at radius 2 is 2.31 bits per heavy atom. The molecule has 0 amide bonds. The highest BCUT2D eigenvalue weighted by Gasteiger charge is 2.13. The van der Waals surface area contributed by atoms with Crippen LogP contribution in [-0.2, 0) is 0 Å². The topological polar surface area (TPSA) is 15.3 Å². The van der Waals surface area contributed by atoms with Gasteiger partial charge in [-0.15, -0.1) is 5.92 Å². The Kier molecular flexibility index (Phi) is 4.88. The monoisotopic (exact) mass is 180 g/mol. The van der Waals surface area contributed by atoms with E-state index < -0.39 is 0 Å². The lowest BCUT2D eigenvalue weighted by Gasteiger charge is -2.27. The molecule has 2 heteroatoms. The van der Waals surface area contributed by atoms with Crippen LogP contribution in [0.2, 0.25) is 0 Å². The van der Waals surface area contributed by atoms with Crippen LogP contribution in [0.25, 0.3) is 0 Å². The quantitative estimate of drug-likeness (QED) is 0.654. The summed E-state index contributed by atoms with van der Waals surface area (Å²) in [5.74, 6) is 6.01. The molecule has 0 radical (unpaired) electrons. The Labute approximate surface area is 81.7 Å². The second-order valence-electron chi connectivity index (χ2n) is 3.77. The van der Waals surface area contributed by atoms with Crippen molar-refractivity contribution in [3.05, 3.63) is 0 Å². The average Bonchev–Trinajstić information content (AvgIpc) is 2.16. The van der Waals surface area contributed by atoms with Gasteiger partial charge in [-0.2, -0.15) is 0 Å². The third-order valence-electron chi connectivity index (χ3n) is 2.47. The summed E-state index contributed by atoms with van der Waals surface area (Å²) in [6.45, 7) is 5.12. The molecule has 0 aliphatic carbocycles. The zero-order chi connectivity index (χ0) is 9.52. The van der Waals surface area contributed by atoms with Gasteiger partial charge >= 0.3 is 0 Å². The van der Waals surface area contributed by atoms with Crippen molar-refractivity contribution in [3.63, 3.8) is 0 Å². The maximum Gasteiger partial charge on any atom is 0.0599 e. The molecule has 0 aromatic rings. The molecule has 1 unspecified atom stereocenters. The molecule has 1 fully saturated rings. The van der Waals surface area contributed by atoms with E-state index in [9.17, 15) is 0 Å². The van der Waals surface area contributed by atoms with Crippen LogP contribution in [0.3, 0.4) is 0 Å². The predicted molar refractivity (Wildman–Crippen MR) is 56.6 cm³/mol. The van der Waals surface area contributed by atoms with Crippen LogP contribution in [0.5, 0.6) is 0 Å². The molecule has 0 aromatic heterocycles. The molecule has 0 spiro atoms. The standard InChI is InChI=1S/C11H20N2/c1-3-4-9-13(2)10-11-7-5-6-8-12-11/h11-12H,5-10H2,1-2H3. The molecule has 1 aliphatic rings. The highest BCUT2D eigenvalue weighted by Crippen LogP contribution is 2.07. The van der Waals surface area contributed by atoms with Crippen LogP contribution in [0.1, 0.15) is 26.2 Å². The van der Waals surface area contributed by atoms with Crippen molar-refractivity contribution in [2.45, 2.75) is 32.2 Å². The molecule has 1 heterocycles. The Morgan fingerprint density at radius 3 is 2.92 bits per heavy atom. The normalized spacial score (nSPS) is 22.5. The van der Waals surface area contributed by atoms with E-state index >= 15 is 0 Å². The minimum absolute atomic E-state index is 0.692. The lowest BCUT2D eigenvalue weighted by molar-refractivity contribution is 0.283. The fourth-order valence-electron chi connectivity index (χ4n) is 1.73.